The van der Waals surface area contributed by atoms with Crippen LogP contribution in [0, 0.1) is 0 Å². The molecule has 5 nitrogen and oxygen atoms in total. The average molecular weight is 336 g/mol. The number of nitrogen functional groups attached to an aromatic ring is 1. The van der Waals surface area contributed by atoms with Crippen LogP contribution in [0.1, 0.15) is 15.9 Å². The third-order valence-electron chi connectivity index (χ3n) is 2.72. The minimum atomic E-state index is -0.223. The Bertz CT molecular complexity index is 632. The second-order valence-corrected chi connectivity index (χ2v) is 5.04. The average Bonchev–Trinajstić information content (AvgIpc) is 2.47. The molecule has 1 aromatic heterocycles. The SMILES string of the molecule is COc1cc(CNC(=O)c2cc(Br)ccc2N)ccn1. The number of rotatable bonds is 4. The van der Waals surface area contributed by atoms with E-state index in [1.165, 1.54) is 0 Å². The van der Waals surface area contributed by atoms with E-state index in [2.05, 4.69) is 26.2 Å². The Labute approximate surface area is 125 Å². The zero-order valence-corrected chi connectivity index (χ0v) is 12.5. The summed E-state index contributed by atoms with van der Waals surface area (Å²) in [7, 11) is 1.55. The summed E-state index contributed by atoms with van der Waals surface area (Å²) >= 11 is 3.32. The largest absolute Gasteiger partial charge is 0.481 e. The van der Waals surface area contributed by atoms with Gasteiger partial charge in [0.1, 0.15) is 0 Å². The topological polar surface area (TPSA) is 77.2 Å². The molecule has 6 heteroatoms. The predicted molar refractivity (Wildman–Crippen MR) is 80.5 cm³/mol. The van der Waals surface area contributed by atoms with Crippen molar-refractivity contribution in [1.29, 1.82) is 0 Å². The van der Waals surface area contributed by atoms with Crippen molar-refractivity contribution in [2.45, 2.75) is 6.54 Å². The van der Waals surface area contributed by atoms with Gasteiger partial charge in [-0.3, -0.25) is 4.79 Å². The summed E-state index contributed by atoms with van der Waals surface area (Å²) in [5, 5.41) is 2.81. The van der Waals surface area contributed by atoms with Gasteiger partial charge in [-0.25, -0.2) is 4.98 Å². The van der Waals surface area contributed by atoms with E-state index in [0.717, 1.165) is 10.0 Å². The number of halogens is 1. The fourth-order valence-corrected chi connectivity index (χ4v) is 2.04. The summed E-state index contributed by atoms with van der Waals surface area (Å²) in [5.41, 5.74) is 7.58. The highest BCUT2D eigenvalue weighted by atomic mass is 79.9. The van der Waals surface area contributed by atoms with Gasteiger partial charge < -0.3 is 15.8 Å². The van der Waals surface area contributed by atoms with E-state index in [1.807, 2.05) is 6.07 Å². The Morgan fingerprint density at radius 2 is 2.20 bits per heavy atom. The minimum Gasteiger partial charge on any atom is -0.481 e. The van der Waals surface area contributed by atoms with E-state index in [0.29, 0.717) is 23.7 Å². The number of ether oxygens (including phenoxy) is 1. The standard InChI is InChI=1S/C14H14BrN3O2/c1-20-13-6-9(4-5-17-13)8-18-14(19)11-7-10(15)2-3-12(11)16/h2-7H,8,16H2,1H3,(H,18,19). The van der Waals surface area contributed by atoms with Gasteiger partial charge in [0.05, 0.1) is 12.7 Å². The van der Waals surface area contributed by atoms with Gasteiger partial charge in [-0.05, 0) is 29.8 Å². The van der Waals surface area contributed by atoms with Crippen LogP contribution in [0.25, 0.3) is 0 Å². The third-order valence-corrected chi connectivity index (χ3v) is 3.21. The Kier molecular flexibility index (Phi) is 4.57. The molecule has 0 aliphatic carbocycles. The maximum atomic E-state index is 12.1. The summed E-state index contributed by atoms with van der Waals surface area (Å²) in [4.78, 5) is 16.1. The molecule has 1 aromatic carbocycles. The van der Waals surface area contributed by atoms with E-state index < -0.39 is 0 Å². The Morgan fingerprint density at radius 3 is 2.95 bits per heavy atom. The molecule has 104 valence electrons. The highest BCUT2D eigenvalue weighted by Gasteiger charge is 2.10. The van der Waals surface area contributed by atoms with Crippen LogP contribution < -0.4 is 15.8 Å². The lowest BCUT2D eigenvalue weighted by Gasteiger charge is -2.08. The van der Waals surface area contributed by atoms with Gasteiger partial charge in [-0.2, -0.15) is 0 Å². The maximum Gasteiger partial charge on any atom is 0.253 e. The van der Waals surface area contributed by atoms with Crippen molar-refractivity contribution in [3.63, 3.8) is 0 Å². The molecule has 0 saturated heterocycles. The predicted octanol–water partition coefficient (Wildman–Crippen LogP) is 2.36. The molecule has 0 bridgehead atoms. The summed E-state index contributed by atoms with van der Waals surface area (Å²) in [6, 6.07) is 8.75. The molecular formula is C14H14BrN3O2. The van der Waals surface area contributed by atoms with E-state index in [1.54, 1.807) is 37.6 Å². The fourth-order valence-electron chi connectivity index (χ4n) is 1.67. The molecule has 0 aliphatic rings. The van der Waals surface area contributed by atoms with Gasteiger partial charge in [0.2, 0.25) is 5.88 Å². The lowest BCUT2D eigenvalue weighted by molar-refractivity contribution is 0.0951. The second-order valence-electron chi connectivity index (χ2n) is 4.12. The molecule has 2 aromatic rings. The van der Waals surface area contributed by atoms with Crippen LogP contribution >= 0.6 is 15.9 Å². The number of benzene rings is 1. The number of nitrogens with one attached hydrogen (secondary N) is 1. The molecule has 2 rings (SSSR count). The van der Waals surface area contributed by atoms with E-state index in [-0.39, 0.29) is 5.91 Å². The number of anilines is 1. The highest BCUT2D eigenvalue weighted by Crippen LogP contribution is 2.18. The first-order valence-electron chi connectivity index (χ1n) is 5.92. The Balaban J connectivity index is 2.06. The lowest BCUT2D eigenvalue weighted by atomic mass is 10.1. The Morgan fingerprint density at radius 1 is 1.40 bits per heavy atom. The number of carbonyl (C=O) groups excluding carboxylic acids is 1. The first kappa shape index (κ1) is 14.3. The number of amides is 1. The molecule has 1 heterocycles. The number of hydrogen-bond donors (Lipinski definition) is 2. The van der Waals surface area contributed by atoms with Crippen molar-refractivity contribution < 1.29 is 9.53 Å². The fraction of sp³-hybridized carbons (Fsp3) is 0.143. The number of pyridine rings is 1. The number of nitrogens with two attached hydrogens (primary N) is 1. The minimum absolute atomic E-state index is 0.223. The normalized spacial score (nSPS) is 10.1. The van der Waals surface area contributed by atoms with Crippen molar-refractivity contribution >= 4 is 27.5 Å². The van der Waals surface area contributed by atoms with Gasteiger partial charge in [0, 0.05) is 29.0 Å². The molecule has 1 amide bonds. The highest BCUT2D eigenvalue weighted by molar-refractivity contribution is 9.10. The summed E-state index contributed by atoms with van der Waals surface area (Å²) < 4.78 is 5.84. The van der Waals surface area contributed by atoms with Crippen molar-refractivity contribution in [1.82, 2.24) is 10.3 Å². The van der Waals surface area contributed by atoms with Crippen LogP contribution in [0.2, 0.25) is 0 Å². The van der Waals surface area contributed by atoms with Crippen LogP contribution in [0.5, 0.6) is 5.88 Å². The summed E-state index contributed by atoms with van der Waals surface area (Å²) in [5.74, 6) is 0.290. The zero-order valence-electron chi connectivity index (χ0n) is 10.9. The van der Waals surface area contributed by atoms with Crippen LogP contribution in [0.4, 0.5) is 5.69 Å². The zero-order chi connectivity index (χ0) is 14.5. The van der Waals surface area contributed by atoms with Crippen LogP contribution in [-0.4, -0.2) is 18.0 Å². The summed E-state index contributed by atoms with van der Waals surface area (Å²) in [6.45, 7) is 0.379. The van der Waals surface area contributed by atoms with E-state index in [4.69, 9.17) is 10.5 Å². The van der Waals surface area contributed by atoms with Crippen molar-refractivity contribution in [3.8, 4) is 5.88 Å². The molecule has 0 fully saturated rings. The van der Waals surface area contributed by atoms with Crippen molar-refractivity contribution in [2.24, 2.45) is 0 Å². The first-order valence-corrected chi connectivity index (χ1v) is 6.71. The molecule has 0 aliphatic heterocycles. The van der Waals surface area contributed by atoms with Gasteiger partial charge in [0.15, 0.2) is 0 Å². The van der Waals surface area contributed by atoms with Gasteiger partial charge in [0.25, 0.3) is 5.91 Å². The monoisotopic (exact) mass is 335 g/mol. The number of aromatic nitrogens is 1. The Hall–Kier alpha value is -2.08. The number of hydrogen-bond acceptors (Lipinski definition) is 4. The number of carbonyl (C=O) groups is 1. The molecule has 3 N–H and O–H groups in total. The van der Waals surface area contributed by atoms with E-state index >= 15 is 0 Å². The van der Waals surface area contributed by atoms with Crippen LogP contribution in [-0.2, 0) is 6.54 Å². The first-order chi connectivity index (χ1) is 9.60. The van der Waals surface area contributed by atoms with E-state index in [9.17, 15) is 4.79 Å². The smallest absolute Gasteiger partial charge is 0.253 e. The van der Waals surface area contributed by atoms with Gasteiger partial charge in [-0.1, -0.05) is 15.9 Å². The second kappa shape index (κ2) is 6.38. The maximum absolute atomic E-state index is 12.1. The molecule has 20 heavy (non-hydrogen) atoms. The van der Waals surface area contributed by atoms with Crippen LogP contribution in [0.15, 0.2) is 41.0 Å². The van der Waals surface area contributed by atoms with Gasteiger partial charge in [-0.15, -0.1) is 0 Å². The summed E-state index contributed by atoms with van der Waals surface area (Å²) in [6.07, 6.45) is 1.63. The quantitative estimate of drug-likeness (QED) is 0.841. The number of nitrogens with zero attached hydrogens (tertiary/aromatic N) is 1. The molecule has 0 radical (unpaired) electrons. The molecule has 0 atom stereocenters. The van der Waals surface area contributed by atoms with Crippen LogP contribution in [0.3, 0.4) is 0 Å². The van der Waals surface area contributed by atoms with Gasteiger partial charge >= 0.3 is 0 Å². The lowest BCUT2D eigenvalue weighted by Crippen LogP contribution is -2.23. The van der Waals surface area contributed by atoms with Crippen molar-refractivity contribution in [2.75, 3.05) is 12.8 Å². The molecule has 0 spiro atoms. The third kappa shape index (κ3) is 3.48. The molecule has 0 unspecified atom stereocenters. The molecular weight excluding hydrogens is 322 g/mol. The van der Waals surface area contributed by atoms with Crippen molar-refractivity contribution in [3.05, 3.63) is 52.1 Å². The molecule has 0 saturated carbocycles. The number of methoxy groups -OCH3 is 1.